The molecule has 0 amide bonds. The fraction of sp³-hybridized carbons (Fsp3) is 0.308. The van der Waals surface area contributed by atoms with E-state index < -0.39 is 0 Å². The largest absolute Gasteiger partial charge is 0.306 e. The Labute approximate surface area is 205 Å². The molecule has 0 N–H and O–H groups in total. The van der Waals surface area contributed by atoms with Gasteiger partial charge in [0.05, 0.1) is 12.7 Å². The van der Waals surface area contributed by atoms with Gasteiger partial charge < -0.3 is 9.13 Å². The van der Waals surface area contributed by atoms with Crippen LogP contribution in [0.25, 0.3) is 11.4 Å². The summed E-state index contributed by atoms with van der Waals surface area (Å²) in [7, 11) is 0. The molecule has 0 atom stereocenters. The lowest BCUT2D eigenvalue weighted by Crippen LogP contribution is -2.22. The normalized spacial score (nSPS) is 12.2. The fourth-order valence-corrected chi connectivity index (χ4v) is 5.84. The third kappa shape index (κ3) is 6.31. The number of rotatable bonds is 10. The lowest BCUT2D eigenvalue weighted by Gasteiger charge is -2.28. The summed E-state index contributed by atoms with van der Waals surface area (Å²) in [5, 5.41) is 0. The molecule has 0 aliphatic carbocycles. The first-order valence-electron chi connectivity index (χ1n) is 11.0. The Morgan fingerprint density at radius 3 is 1.52 bits per heavy atom. The molecular formula is C26H30N4OS2. The number of hydrogen-bond acceptors (Lipinski definition) is 5. The summed E-state index contributed by atoms with van der Waals surface area (Å²) in [5.41, 5.74) is 4.87. The monoisotopic (exact) mass is 478 g/mol. The molecule has 4 aromatic rings. The molecule has 2 aromatic heterocycles. The van der Waals surface area contributed by atoms with Crippen molar-refractivity contribution in [3.63, 3.8) is 0 Å². The van der Waals surface area contributed by atoms with Gasteiger partial charge in [0.15, 0.2) is 0 Å². The van der Waals surface area contributed by atoms with Crippen LogP contribution in [0, 0.1) is 0 Å². The van der Waals surface area contributed by atoms with Crippen molar-refractivity contribution in [1.82, 2.24) is 19.1 Å². The van der Waals surface area contributed by atoms with Crippen molar-refractivity contribution in [2.24, 2.45) is 0 Å². The number of para-hydroxylation sites is 2. The second-order valence-electron chi connectivity index (χ2n) is 9.30. The Bertz CT molecular complexity index is 1060. The van der Waals surface area contributed by atoms with E-state index in [2.05, 4.69) is 95.3 Å². The highest BCUT2D eigenvalue weighted by Gasteiger charge is 2.27. The van der Waals surface area contributed by atoms with Crippen molar-refractivity contribution in [1.29, 1.82) is 0 Å². The molecule has 0 spiro atoms. The molecule has 0 fully saturated rings. The summed E-state index contributed by atoms with van der Waals surface area (Å²) in [6.07, 6.45) is 13.0. The molecular weight excluding hydrogens is 448 g/mol. The van der Waals surface area contributed by atoms with Crippen LogP contribution in [0.3, 0.4) is 0 Å². The molecule has 5 nitrogen and oxygen atoms in total. The number of benzene rings is 2. The number of imidazole rings is 2. The van der Waals surface area contributed by atoms with Crippen LogP contribution in [0.15, 0.2) is 86.0 Å². The zero-order valence-corrected chi connectivity index (χ0v) is 21.1. The zero-order chi connectivity index (χ0) is 23.3. The minimum atomic E-state index is -0.0888. The molecule has 4 rings (SSSR count). The maximum atomic E-state index is 6.16. The van der Waals surface area contributed by atoms with Crippen LogP contribution < -0.4 is 0 Å². The van der Waals surface area contributed by atoms with E-state index in [1.54, 1.807) is 24.1 Å². The van der Waals surface area contributed by atoms with Crippen LogP contribution >= 0.6 is 24.1 Å². The van der Waals surface area contributed by atoms with Gasteiger partial charge in [-0.25, -0.2) is 13.6 Å². The quantitative estimate of drug-likeness (QED) is 0.237. The summed E-state index contributed by atoms with van der Waals surface area (Å²) in [6.45, 7) is 8.91. The third-order valence-electron chi connectivity index (χ3n) is 5.30. The molecule has 2 aromatic carbocycles. The zero-order valence-electron chi connectivity index (χ0n) is 19.5. The van der Waals surface area contributed by atoms with Crippen LogP contribution in [-0.4, -0.2) is 28.6 Å². The van der Waals surface area contributed by atoms with Gasteiger partial charge in [0.25, 0.3) is 0 Å². The molecule has 0 radical (unpaired) electrons. The molecule has 0 saturated carbocycles. The van der Waals surface area contributed by atoms with Crippen LogP contribution in [0.2, 0.25) is 0 Å². The second-order valence-corrected chi connectivity index (χ2v) is 12.4. The number of aromatic nitrogens is 4. The highest BCUT2D eigenvalue weighted by atomic mass is 32.2. The summed E-state index contributed by atoms with van der Waals surface area (Å²) >= 11 is 3.08. The molecule has 7 heteroatoms. The van der Waals surface area contributed by atoms with Gasteiger partial charge in [-0.2, -0.15) is 0 Å². The Morgan fingerprint density at radius 2 is 1.12 bits per heavy atom. The lowest BCUT2D eigenvalue weighted by molar-refractivity contribution is 0.614. The average Bonchev–Trinajstić information content (AvgIpc) is 3.48. The van der Waals surface area contributed by atoms with E-state index >= 15 is 0 Å². The molecule has 0 aliphatic heterocycles. The highest BCUT2D eigenvalue weighted by Crippen LogP contribution is 2.39. The first-order valence-corrected chi connectivity index (χ1v) is 12.5. The molecule has 2 heterocycles. The van der Waals surface area contributed by atoms with Gasteiger partial charge in [0, 0.05) is 69.7 Å². The van der Waals surface area contributed by atoms with E-state index in [4.69, 9.17) is 3.63 Å². The van der Waals surface area contributed by atoms with Gasteiger partial charge in [-0.15, -0.1) is 0 Å². The molecule has 172 valence electrons. The highest BCUT2D eigenvalue weighted by molar-refractivity contribution is 8.09. The molecule has 0 bridgehead atoms. The minimum absolute atomic E-state index is 0.0888. The van der Waals surface area contributed by atoms with E-state index in [9.17, 15) is 0 Å². The van der Waals surface area contributed by atoms with Gasteiger partial charge in [-0.3, -0.25) is 0 Å². The minimum Gasteiger partial charge on any atom is -0.306 e. The van der Waals surface area contributed by atoms with Crippen molar-refractivity contribution in [2.45, 2.75) is 50.0 Å². The first kappa shape index (κ1) is 23.7. The van der Waals surface area contributed by atoms with E-state index in [0.717, 1.165) is 24.2 Å². The fourth-order valence-electron chi connectivity index (χ4n) is 3.81. The number of hydrogen-bond donors (Lipinski definition) is 0. The van der Waals surface area contributed by atoms with E-state index in [0.29, 0.717) is 0 Å². The van der Waals surface area contributed by atoms with Crippen LogP contribution in [0.4, 0.5) is 0 Å². The van der Waals surface area contributed by atoms with Crippen molar-refractivity contribution in [3.8, 4) is 11.4 Å². The number of nitrogens with zero attached hydrogens (tertiary/aromatic N) is 4. The summed E-state index contributed by atoms with van der Waals surface area (Å²) in [4.78, 5) is 8.39. The summed E-state index contributed by atoms with van der Waals surface area (Å²) in [6, 6.07) is 16.9. The van der Waals surface area contributed by atoms with Gasteiger partial charge in [-0.05, 0) is 63.8 Å². The van der Waals surface area contributed by atoms with Crippen molar-refractivity contribution < 1.29 is 3.63 Å². The van der Waals surface area contributed by atoms with Crippen molar-refractivity contribution >= 4 is 24.1 Å². The maximum absolute atomic E-state index is 6.16. The van der Waals surface area contributed by atoms with E-state index in [1.165, 1.54) is 11.1 Å². The van der Waals surface area contributed by atoms with Gasteiger partial charge in [-0.1, -0.05) is 36.4 Å². The van der Waals surface area contributed by atoms with Crippen LogP contribution in [0.1, 0.15) is 38.8 Å². The van der Waals surface area contributed by atoms with Gasteiger partial charge in [0.1, 0.15) is 0 Å². The molecule has 0 aliphatic rings. The van der Waals surface area contributed by atoms with Gasteiger partial charge >= 0.3 is 0 Å². The van der Waals surface area contributed by atoms with Gasteiger partial charge in [0.2, 0.25) is 0 Å². The average molecular weight is 479 g/mol. The summed E-state index contributed by atoms with van der Waals surface area (Å²) in [5.74, 6) is 0. The Balaban J connectivity index is 1.37. The topological polar surface area (TPSA) is 44.9 Å². The Hall–Kier alpha value is -2.48. The van der Waals surface area contributed by atoms with Crippen LogP contribution in [-0.2, 0) is 16.5 Å². The Kier molecular flexibility index (Phi) is 7.32. The van der Waals surface area contributed by atoms with Crippen molar-refractivity contribution in [3.05, 3.63) is 97.1 Å². The smallest absolute Gasteiger partial charge is 0.0991 e. The standard InChI is InChI=1S/C26H30N4OS2/c1-25(2,17-21-9-5-7-11-23(21)29-15-13-27-19-29)32-31-33-26(3,4)18-22-10-6-8-12-24(22)30-16-14-28-20-30/h5-16,19-20H,17-18H2,1-4H3. The van der Waals surface area contributed by atoms with Crippen LogP contribution in [0.5, 0.6) is 0 Å². The predicted molar refractivity (Wildman–Crippen MR) is 139 cm³/mol. The van der Waals surface area contributed by atoms with E-state index in [1.807, 2.05) is 37.4 Å². The maximum Gasteiger partial charge on any atom is 0.0991 e. The Morgan fingerprint density at radius 1 is 0.697 bits per heavy atom. The third-order valence-corrected chi connectivity index (χ3v) is 7.04. The lowest BCUT2D eigenvalue weighted by atomic mass is 10.0. The second kappa shape index (κ2) is 10.2. The van der Waals surface area contributed by atoms with E-state index in [-0.39, 0.29) is 9.49 Å². The van der Waals surface area contributed by atoms with Crippen molar-refractivity contribution in [2.75, 3.05) is 0 Å². The molecule has 33 heavy (non-hydrogen) atoms. The summed E-state index contributed by atoms with van der Waals surface area (Å²) < 4.78 is 10.1. The predicted octanol–water partition coefficient (Wildman–Crippen LogP) is 6.71. The SMILES string of the molecule is CC(C)(Cc1ccccc1-n1ccnc1)SOSC(C)(C)Cc1ccccc1-n1ccnc1. The molecule has 0 saturated heterocycles. The molecule has 0 unspecified atom stereocenters. The first-order chi connectivity index (χ1) is 15.8.